The average Bonchev–Trinajstić information content (AvgIpc) is 2.03. The van der Waals surface area contributed by atoms with E-state index in [9.17, 15) is 0 Å². The summed E-state index contributed by atoms with van der Waals surface area (Å²) in [5.41, 5.74) is 0. The molecule has 0 aromatic carbocycles. The molecule has 1 aliphatic rings. The third-order valence-electron chi connectivity index (χ3n) is 1.82. The van der Waals surface area contributed by atoms with Crippen LogP contribution in [0.4, 0.5) is 0 Å². The van der Waals surface area contributed by atoms with Gasteiger partial charge in [-0.2, -0.15) is 0 Å². The van der Waals surface area contributed by atoms with Crippen molar-refractivity contribution in [3.63, 3.8) is 0 Å². The molecule has 1 heterocycles. The summed E-state index contributed by atoms with van der Waals surface area (Å²) in [6.45, 7) is 4.82. The lowest BCUT2D eigenvalue weighted by Crippen LogP contribution is -2.35. The summed E-state index contributed by atoms with van der Waals surface area (Å²) in [6.07, 6.45) is 3.78. The van der Waals surface area contributed by atoms with E-state index in [-0.39, 0.29) is 0 Å². The minimum Gasteiger partial charge on any atom is -0.378 e. The lowest BCUT2D eigenvalue weighted by atomic mass is 10.1. The van der Waals surface area contributed by atoms with Crippen LogP contribution in [0.2, 0.25) is 0 Å². The standard InChI is InChI=1S/C8H16NO/c1-2-3-4-8-7-10-6-5-9-8/h8H,2-7H2,1H3. The highest BCUT2D eigenvalue weighted by Gasteiger charge is 2.12. The number of hydrogen-bond donors (Lipinski definition) is 0. The van der Waals surface area contributed by atoms with E-state index in [1.54, 1.807) is 0 Å². The molecule has 0 N–H and O–H groups in total. The summed E-state index contributed by atoms with van der Waals surface area (Å²) in [6, 6.07) is 0.508. The lowest BCUT2D eigenvalue weighted by Gasteiger charge is -2.21. The van der Waals surface area contributed by atoms with Crippen molar-refractivity contribution in [3.05, 3.63) is 0 Å². The highest BCUT2D eigenvalue weighted by molar-refractivity contribution is 4.68. The van der Waals surface area contributed by atoms with Crippen molar-refractivity contribution in [2.24, 2.45) is 0 Å². The Morgan fingerprint density at radius 3 is 3.10 bits per heavy atom. The molecule has 1 unspecified atom stereocenters. The van der Waals surface area contributed by atoms with Crippen molar-refractivity contribution < 1.29 is 4.74 Å². The quantitative estimate of drug-likeness (QED) is 0.580. The fraction of sp³-hybridized carbons (Fsp3) is 1.00. The molecule has 59 valence electrons. The van der Waals surface area contributed by atoms with E-state index in [0.717, 1.165) is 19.8 Å². The summed E-state index contributed by atoms with van der Waals surface area (Å²) < 4.78 is 5.29. The smallest absolute Gasteiger partial charge is 0.0636 e. The van der Waals surface area contributed by atoms with Crippen LogP contribution >= 0.6 is 0 Å². The van der Waals surface area contributed by atoms with E-state index >= 15 is 0 Å². The molecule has 10 heavy (non-hydrogen) atoms. The van der Waals surface area contributed by atoms with Gasteiger partial charge >= 0.3 is 0 Å². The number of morpholine rings is 1. The molecule has 2 heteroatoms. The Balaban J connectivity index is 2.02. The molecule has 0 spiro atoms. The predicted octanol–water partition coefficient (Wildman–Crippen LogP) is 1.18. The summed E-state index contributed by atoms with van der Waals surface area (Å²) in [7, 11) is 0. The predicted molar refractivity (Wildman–Crippen MR) is 41.1 cm³/mol. The summed E-state index contributed by atoms with van der Waals surface area (Å²) >= 11 is 0. The van der Waals surface area contributed by atoms with Crippen molar-refractivity contribution in [1.82, 2.24) is 5.32 Å². The number of unbranched alkanes of at least 4 members (excludes halogenated alkanes) is 1. The summed E-state index contributed by atoms with van der Waals surface area (Å²) in [5, 5.41) is 4.44. The SMILES string of the molecule is CCCCC1COCC[N]1. The molecular formula is C8H16NO. The minimum atomic E-state index is 0.508. The zero-order chi connectivity index (χ0) is 7.23. The van der Waals surface area contributed by atoms with Crippen LogP contribution < -0.4 is 5.32 Å². The highest BCUT2D eigenvalue weighted by atomic mass is 16.5. The van der Waals surface area contributed by atoms with Crippen LogP contribution in [0.5, 0.6) is 0 Å². The molecule has 0 saturated carbocycles. The second kappa shape index (κ2) is 4.69. The van der Waals surface area contributed by atoms with Gasteiger partial charge in [0.05, 0.1) is 13.2 Å². The molecule has 1 saturated heterocycles. The van der Waals surface area contributed by atoms with E-state index in [1.807, 2.05) is 0 Å². The average molecular weight is 142 g/mol. The topological polar surface area (TPSA) is 23.3 Å². The Morgan fingerprint density at radius 1 is 1.60 bits per heavy atom. The van der Waals surface area contributed by atoms with Gasteiger partial charge in [-0.25, -0.2) is 5.32 Å². The third-order valence-corrected chi connectivity index (χ3v) is 1.82. The van der Waals surface area contributed by atoms with Crippen molar-refractivity contribution in [1.29, 1.82) is 0 Å². The van der Waals surface area contributed by atoms with Crippen LogP contribution in [0.25, 0.3) is 0 Å². The van der Waals surface area contributed by atoms with Gasteiger partial charge in [-0.15, -0.1) is 0 Å². The Bertz CT molecular complexity index is 79.3. The van der Waals surface area contributed by atoms with Crippen LogP contribution in [0.3, 0.4) is 0 Å². The summed E-state index contributed by atoms with van der Waals surface area (Å²) in [4.78, 5) is 0. The number of hydrogen-bond acceptors (Lipinski definition) is 1. The van der Waals surface area contributed by atoms with Gasteiger partial charge in [-0.3, -0.25) is 0 Å². The van der Waals surface area contributed by atoms with Crippen molar-refractivity contribution in [2.45, 2.75) is 32.2 Å². The highest BCUT2D eigenvalue weighted by Crippen LogP contribution is 2.04. The zero-order valence-electron chi connectivity index (χ0n) is 6.68. The molecule has 0 bridgehead atoms. The van der Waals surface area contributed by atoms with E-state index in [1.165, 1.54) is 19.3 Å². The second-order valence-corrected chi connectivity index (χ2v) is 2.78. The Kier molecular flexibility index (Phi) is 3.76. The van der Waals surface area contributed by atoms with Crippen molar-refractivity contribution in [2.75, 3.05) is 19.8 Å². The first-order chi connectivity index (χ1) is 4.93. The molecule has 1 radical (unpaired) electrons. The first-order valence-electron chi connectivity index (χ1n) is 4.18. The fourth-order valence-corrected chi connectivity index (χ4v) is 1.19. The first kappa shape index (κ1) is 8.02. The zero-order valence-corrected chi connectivity index (χ0v) is 6.68. The second-order valence-electron chi connectivity index (χ2n) is 2.78. The van der Waals surface area contributed by atoms with Crippen LogP contribution in [-0.2, 0) is 4.74 Å². The van der Waals surface area contributed by atoms with Crippen molar-refractivity contribution in [3.8, 4) is 0 Å². The Hall–Kier alpha value is -0.0800. The van der Waals surface area contributed by atoms with Gasteiger partial charge in [0.2, 0.25) is 0 Å². The molecule has 0 aliphatic carbocycles. The van der Waals surface area contributed by atoms with Crippen LogP contribution in [0, 0.1) is 0 Å². The normalized spacial score (nSPS) is 26.7. The van der Waals surface area contributed by atoms with E-state index in [0.29, 0.717) is 6.04 Å². The molecule has 2 nitrogen and oxygen atoms in total. The molecule has 0 aromatic rings. The maximum Gasteiger partial charge on any atom is 0.0636 e. The third kappa shape index (κ3) is 2.67. The Morgan fingerprint density at radius 2 is 2.50 bits per heavy atom. The van der Waals surface area contributed by atoms with Gasteiger partial charge in [0.25, 0.3) is 0 Å². The number of rotatable bonds is 3. The van der Waals surface area contributed by atoms with Gasteiger partial charge in [0.1, 0.15) is 0 Å². The molecule has 0 aromatic heterocycles. The van der Waals surface area contributed by atoms with E-state index < -0.39 is 0 Å². The summed E-state index contributed by atoms with van der Waals surface area (Å²) in [5.74, 6) is 0. The largest absolute Gasteiger partial charge is 0.378 e. The molecular weight excluding hydrogens is 126 g/mol. The number of ether oxygens (including phenoxy) is 1. The van der Waals surface area contributed by atoms with E-state index in [4.69, 9.17) is 4.74 Å². The maximum atomic E-state index is 5.29. The fourth-order valence-electron chi connectivity index (χ4n) is 1.19. The molecule has 1 atom stereocenters. The van der Waals surface area contributed by atoms with Crippen LogP contribution in [0.1, 0.15) is 26.2 Å². The van der Waals surface area contributed by atoms with E-state index in [2.05, 4.69) is 12.2 Å². The van der Waals surface area contributed by atoms with Gasteiger partial charge < -0.3 is 4.74 Å². The van der Waals surface area contributed by atoms with Gasteiger partial charge in [-0.05, 0) is 6.42 Å². The van der Waals surface area contributed by atoms with Gasteiger partial charge in [-0.1, -0.05) is 19.8 Å². The first-order valence-corrected chi connectivity index (χ1v) is 4.18. The number of nitrogens with zero attached hydrogens (tertiary/aromatic N) is 1. The van der Waals surface area contributed by atoms with Crippen LogP contribution in [-0.4, -0.2) is 25.8 Å². The molecule has 1 rings (SSSR count). The maximum absolute atomic E-state index is 5.29. The van der Waals surface area contributed by atoms with Crippen LogP contribution in [0.15, 0.2) is 0 Å². The minimum absolute atomic E-state index is 0.508. The van der Waals surface area contributed by atoms with Crippen molar-refractivity contribution >= 4 is 0 Å². The van der Waals surface area contributed by atoms with Gasteiger partial charge in [0, 0.05) is 12.6 Å². The monoisotopic (exact) mass is 142 g/mol. The lowest BCUT2D eigenvalue weighted by molar-refractivity contribution is 0.0712. The Labute approximate surface area is 63.0 Å². The molecule has 1 fully saturated rings. The van der Waals surface area contributed by atoms with Gasteiger partial charge in [0.15, 0.2) is 0 Å². The molecule has 1 aliphatic heterocycles. The molecule has 0 amide bonds.